The van der Waals surface area contributed by atoms with Crippen LogP contribution in [0.1, 0.15) is 22.6 Å². The van der Waals surface area contributed by atoms with Gasteiger partial charge in [-0.05, 0) is 43.3 Å². The maximum absolute atomic E-state index is 5.78. The van der Waals surface area contributed by atoms with E-state index >= 15 is 0 Å². The Morgan fingerprint density at radius 1 is 1.07 bits per heavy atom. The van der Waals surface area contributed by atoms with Crippen LogP contribution in [0.2, 0.25) is 0 Å². The van der Waals surface area contributed by atoms with Gasteiger partial charge in [-0.3, -0.25) is 4.90 Å². The lowest BCUT2D eigenvalue weighted by atomic mass is 10.1. The summed E-state index contributed by atoms with van der Waals surface area (Å²) in [4.78, 5) is 16.5. The number of nitrogens with two attached hydrogens (primary N) is 1. The molecule has 0 bridgehead atoms. The smallest absolute Gasteiger partial charge is 0.159 e. The van der Waals surface area contributed by atoms with Crippen molar-refractivity contribution in [2.24, 2.45) is 0 Å². The zero-order chi connectivity index (χ0) is 19.1. The fourth-order valence-corrected chi connectivity index (χ4v) is 3.85. The van der Waals surface area contributed by atoms with E-state index in [0.29, 0.717) is 0 Å². The fraction of sp³-hybridized carbons (Fsp3) is 0.227. The highest BCUT2D eigenvalue weighted by atomic mass is 15.2. The second-order valence-corrected chi connectivity index (χ2v) is 7.32. The zero-order valence-corrected chi connectivity index (χ0v) is 15.8. The van der Waals surface area contributed by atoms with Crippen molar-refractivity contribution in [2.45, 2.75) is 26.4 Å². The summed E-state index contributed by atoms with van der Waals surface area (Å²) in [7, 11) is 0. The van der Waals surface area contributed by atoms with Gasteiger partial charge in [0.2, 0.25) is 0 Å². The molecule has 6 heteroatoms. The molecule has 1 aliphatic rings. The summed E-state index contributed by atoms with van der Waals surface area (Å²) < 4.78 is 2.19. The Morgan fingerprint density at radius 2 is 1.93 bits per heavy atom. The van der Waals surface area contributed by atoms with E-state index in [-0.39, 0.29) is 0 Å². The standard InChI is InChI=1S/C22H22N6/c1-15-20(28-10-3-2-4-21(28)25-15)14-27-11-9-19-17(13-27)12-24-22(26-19)16-5-7-18(23)8-6-16/h2-8,10,12H,9,11,13-14,23H2,1H3. The summed E-state index contributed by atoms with van der Waals surface area (Å²) in [5, 5.41) is 0. The van der Waals surface area contributed by atoms with E-state index in [9.17, 15) is 0 Å². The van der Waals surface area contributed by atoms with E-state index in [1.165, 1.54) is 11.3 Å². The van der Waals surface area contributed by atoms with Gasteiger partial charge in [0, 0.05) is 55.3 Å². The minimum Gasteiger partial charge on any atom is -0.399 e. The highest BCUT2D eigenvalue weighted by Crippen LogP contribution is 2.23. The van der Waals surface area contributed by atoms with E-state index in [1.54, 1.807) is 0 Å². The van der Waals surface area contributed by atoms with E-state index < -0.39 is 0 Å². The topological polar surface area (TPSA) is 72.3 Å². The second-order valence-electron chi connectivity index (χ2n) is 7.32. The number of pyridine rings is 1. The Morgan fingerprint density at radius 3 is 2.79 bits per heavy atom. The van der Waals surface area contributed by atoms with Crippen LogP contribution in [0.25, 0.3) is 17.0 Å². The van der Waals surface area contributed by atoms with E-state index in [0.717, 1.165) is 60.2 Å². The molecule has 6 nitrogen and oxygen atoms in total. The number of benzene rings is 1. The van der Waals surface area contributed by atoms with E-state index in [1.807, 2.05) is 36.5 Å². The summed E-state index contributed by atoms with van der Waals surface area (Å²) in [6, 6.07) is 13.8. The Balaban J connectivity index is 1.38. The summed E-state index contributed by atoms with van der Waals surface area (Å²) in [6.07, 6.45) is 4.99. The molecule has 0 atom stereocenters. The third-order valence-electron chi connectivity index (χ3n) is 5.38. The van der Waals surface area contributed by atoms with Gasteiger partial charge in [0.05, 0.1) is 17.1 Å². The summed E-state index contributed by atoms with van der Waals surface area (Å²) >= 11 is 0. The molecule has 0 amide bonds. The lowest BCUT2D eigenvalue weighted by Gasteiger charge is -2.28. The highest BCUT2D eigenvalue weighted by molar-refractivity contribution is 5.58. The number of anilines is 1. The number of imidazole rings is 1. The van der Waals surface area contributed by atoms with Gasteiger partial charge >= 0.3 is 0 Å². The normalized spacial score (nSPS) is 14.3. The van der Waals surface area contributed by atoms with Crippen LogP contribution in [0.3, 0.4) is 0 Å². The molecule has 0 radical (unpaired) electrons. The number of hydrogen-bond acceptors (Lipinski definition) is 5. The number of fused-ring (bicyclic) bond motifs is 2. The molecule has 0 saturated heterocycles. The maximum atomic E-state index is 5.78. The van der Waals surface area contributed by atoms with Crippen molar-refractivity contribution in [2.75, 3.05) is 12.3 Å². The van der Waals surface area contributed by atoms with Crippen LogP contribution in [0.5, 0.6) is 0 Å². The lowest BCUT2D eigenvalue weighted by Crippen LogP contribution is -2.31. The van der Waals surface area contributed by atoms with Crippen molar-refractivity contribution in [1.82, 2.24) is 24.3 Å². The fourth-order valence-electron chi connectivity index (χ4n) is 3.85. The van der Waals surface area contributed by atoms with Crippen molar-refractivity contribution in [3.05, 3.63) is 77.5 Å². The number of nitrogen functional groups attached to an aromatic ring is 1. The Labute approximate surface area is 163 Å². The average molecular weight is 370 g/mol. The SMILES string of the molecule is Cc1nc2ccccn2c1CN1CCc2nc(-c3ccc(N)cc3)ncc2C1. The molecule has 4 aromatic rings. The second kappa shape index (κ2) is 6.73. The molecule has 5 rings (SSSR count). The van der Waals surface area contributed by atoms with Crippen molar-refractivity contribution in [3.63, 3.8) is 0 Å². The molecular formula is C22H22N6. The van der Waals surface area contributed by atoms with Crippen LogP contribution in [-0.2, 0) is 19.5 Å². The highest BCUT2D eigenvalue weighted by Gasteiger charge is 2.21. The molecule has 0 saturated carbocycles. The Kier molecular flexibility index (Phi) is 4.06. The van der Waals surface area contributed by atoms with Gasteiger partial charge < -0.3 is 10.1 Å². The first-order valence-electron chi connectivity index (χ1n) is 9.53. The molecule has 1 aromatic carbocycles. The molecule has 0 aliphatic carbocycles. The molecule has 0 spiro atoms. The molecule has 2 N–H and O–H groups in total. The van der Waals surface area contributed by atoms with Crippen LogP contribution in [0, 0.1) is 6.92 Å². The predicted octanol–water partition coefficient (Wildman–Crippen LogP) is 3.24. The first kappa shape index (κ1) is 16.9. The van der Waals surface area contributed by atoms with Crippen LogP contribution in [0.4, 0.5) is 5.69 Å². The first-order valence-corrected chi connectivity index (χ1v) is 9.53. The van der Waals surface area contributed by atoms with Crippen molar-refractivity contribution >= 4 is 11.3 Å². The van der Waals surface area contributed by atoms with E-state index in [4.69, 9.17) is 10.7 Å². The van der Waals surface area contributed by atoms with Crippen LogP contribution >= 0.6 is 0 Å². The van der Waals surface area contributed by atoms with Crippen molar-refractivity contribution in [1.29, 1.82) is 0 Å². The quantitative estimate of drug-likeness (QED) is 0.561. The van der Waals surface area contributed by atoms with Gasteiger partial charge in [0.25, 0.3) is 0 Å². The number of aromatic nitrogens is 4. The largest absolute Gasteiger partial charge is 0.399 e. The maximum Gasteiger partial charge on any atom is 0.159 e. The summed E-state index contributed by atoms with van der Waals surface area (Å²) in [6.45, 7) is 4.79. The van der Waals surface area contributed by atoms with Gasteiger partial charge in [-0.1, -0.05) is 6.07 Å². The van der Waals surface area contributed by atoms with Crippen molar-refractivity contribution in [3.8, 4) is 11.4 Å². The molecular weight excluding hydrogens is 348 g/mol. The number of aryl methyl sites for hydroxylation is 1. The van der Waals surface area contributed by atoms with Crippen LogP contribution in [0.15, 0.2) is 54.9 Å². The number of nitrogens with zero attached hydrogens (tertiary/aromatic N) is 5. The van der Waals surface area contributed by atoms with Gasteiger partial charge in [0.1, 0.15) is 5.65 Å². The van der Waals surface area contributed by atoms with Crippen molar-refractivity contribution < 1.29 is 0 Å². The molecule has 0 fully saturated rings. The van der Waals surface area contributed by atoms with Crippen LogP contribution < -0.4 is 5.73 Å². The van der Waals surface area contributed by atoms with Gasteiger partial charge in [-0.2, -0.15) is 0 Å². The van der Waals surface area contributed by atoms with Crippen LogP contribution in [-0.4, -0.2) is 30.8 Å². The molecule has 4 heterocycles. The Bertz CT molecular complexity index is 1150. The minimum absolute atomic E-state index is 0.750. The van der Waals surface area contributed by atoms with Gasteiger partial charge in [-0.15, -0.1) is 0 Å². The predicted molar refractivity (Wildman–Crippen MR) is 110 cm³/mol. The summed E-state index contributed by atoms with van der Waals surface area (Å²) in [5.74, 6) is 0.768. The first-order chi connectivity index (χ1) is 13.7. The average Bonchev–Trinajstić information content (AvgIpc) is 3.03. The molecule has 0 unspecified atom stereocenters. The summed E-state index contributed by atoms with van der Waals surface area (Å²) in [5.41, 5.74) is 13.2. The van der Waals surface area contributed by atoms with Gasteiger partial charge in [-0.25, -0.2) is 15.0 Å². The number of rotatable bonds is 3. The molecule has 140 valence electrons. The van der Waals surface area contributed by atoms with E-state index in [2.05, 4.69) is 44.5 Å². The number of hydrogen-bond donors (Lipinski definition) is 1. The molecule has 1 aliphatic heterocycles. The third kappa shape index (κ3) is 3.01. The monoisotopic (exact) mass is 370 g/mol. The molecule has 3 aromatic heterocycles. The zero-order valence-electron chi connectivity index (χ0n) is 15.8. The van der Waals surface area contributed by atoms with Gasteiger partial charge in [0.15, 0.2) is 5.82 Å². The lowest BCUT2D eigenvalue weighted by molar-refractivity contribution is 0.239. The minimum atomic E-state index is 0.750. The Hall–Kier alpha value is -3.25. The third-order valence-corrected chi connectivity index (χ3v) is 5.38. The molecule has 28 heavy (non-hydrogen) atoms.